The predicted octanol–water partition coefficient (Wildman–Crippen LogP) is 3.72. The van der Waals surface area contributed by atoms with Gasteiger partial charge >= 0.3 is 6.09 Å². The van der Waals surface area contributed by atoms with E-state index < -0.39 is 11.7 Å². The SMILES string of the molecule is CC(C)(C)OC(=O)NCc1cccc(Cn2cc(Br)cn2)c1. The van der Waals surface area contributed by atoms with Gasteiger partial charge in [0.1, 0.15) is 5.60 Å². The average Bonchev–Trinajstić information content (AvgIpc) is 2.80. The number of amides is 1. The third kappa shape index (κ3) is 5.52. The van der Waals surface area contributed by atoms with Crippen molar-refractivity contribution < 1.29 is 9.53 Å². The van der Waals surface area contributed by atoms with Crippen molar-refractivity contribution in [1.82, 2.24) is 15.1 Å². The van der Waals surface area contributed by atoms with Crippen molar-refractivity contribution >= 4 is 22.0 Å². The van der Waals surface area contributed by atoms with E-state index >= 15 is 0 Å². The van der Waals surface area contributed by atoms with Crippen molar-refractivity contribution in [2.75, 3.05) is 0 Å². The molecule has 0 saturated heterocycles. The number of benzene rings is 1. The first kappa shape index (κ1) is 16.5. The van der Waals surface area contributed by atoms with E-state index in [4.69, 9.17) is 4.74 Å². The molecule has 1 aromatic heterocycles. The van der Waals surface area contributed by atoms with Gasteiger partial charge in [0.05, 0.1) is 17.2 Å². The molecule has 5 nitrogen and oxygen atoms in total. The minimum absolute atomic E-state index is 0.408. The van der Waals surface area contributed by atoms with Gasteiger partial charge < -0.3 is 10.1 Å². The summed E-state index contributed by atoms with van der Waals surface area (Å²) < 4.78 is 8.02. The van der Waals surface area contributed by atoms with Gasteiger partial charge in [0.2, 0.25) is 0 Å². The molecule has 6 heteroatoms. The first-order chi connectivity index (χ1) is 10.3. The Bertz CT molecular complexity index is 647. The van der Waals surface area contributed by atoms with Gasteiger partial charge in [-0.3, -0.25) is 4.68 Å². The van der Waals surface area contributed by atoms with Gasteiger partial charge in [0.15, 0.2) is 0 Å². The fourth-order valence-corrected chi connectivity index (χ4v) is 2.27. The summed E-state index contributed by atoms with van der Waals surface area (Å²) in [7, 11) is 0. The van der Waals surface area contributed by atoms with Crippen LogP contribution >= 0.6 is 15.9 Å². The lowest BCUT2D eigenvalue weighted by Crippen LogP contribution is -2.32. The van der Waals surface area contributed by atoms with E-state index in [0.717, 1.165) is 15.6 Å². The zero-order valence-electron chi connectivity index (χ0n) is 13.0. The molecule has 1 amide bonds. The number of nitrogens with zero attached hydrogens (tertiary/aromatic N) is 2. The van der Waals surface area contributed by atoms with Crippen LogP contribution in [0.3, 0.4) is 0 Å². The number of aromatic nitrogens is 2. The van der Waals surface area contributed by atoms with Gasteiger partial charge in [-0.2, -0.15) is 5.10 Å². The molecule has 0 aliphatic carbocycles. The Morgan fingerprint density at radius 2 is 2.09 bits per heavy atom. The number of carbonyl (C=O) groups is 1. The van der Waals surface area contributed by atoms with Crippen molar-refractivity contribution in [2.24, 2.45) is 0 Å². The lowest BCUT2D eigenvalue weighted by atomic mass is 10.1. The minimum atomic E-state index is -0.487. The average molecular weight is 366 g/mol. The summed E-state index contributed by atoms with van der Waals surface area (Å²) in [5, 5.41) is 6.99. The molecule has 0 fully saturated rings. The number of rotatable bonds is 4. The van der Waals surface area contributed by atoms with E-state index in [1.165, 1.54) is 0 Å². The molecule has 118 valence electrons. The second kappa shape index (κ2) is 6.96. The Balaban J connectivity index is 1.92. The van der Waals surface area contributed by atoms with Crippen LogP contribution in [0.1, 0.15) is 31.9 Å². The number of halogens is 1. The second-order valence-corrected chi connectivity index (χ2v) is 6.95. The van der Waals surface area contributed by atoms with Gasteiger partial charge in [0, 0.05) is 12.7 Å². The quantitative estimate of drug-likeness (QED) is 0.897. The van der Waals surface area contributed by atoms with Crippen molar-refractivity contribution in [3.63, 3.8) is 0 Å². The second-order valence-electron chi connectivity index (χ2n) is 6.03. The molecule has 1 heterocycles. The molecule has 0 aliphatic rings. The summed E-state index contributed by atoms with van der Waals surface area (Å²) in [6.07, 6.45) is 3.27. The van der Waals surface area contributed by atoms with Crippen LogP contribution in [0.2, 0.25) is 0 Å². The Labute approximate surface area is 138 Å². The first-order valence-corrected chi connectivity index (χ1v) is 7.84. The van der Waals surface area contributed by atoms with E-state index in [1.807, 2.05) is 55.9 Å². The molecule has 2 rings (SSSR count). The molecular weight excluding hydrogens is 346 g/mol. The number of nitrogens with one attached hydrogen (secondary N) is 1. The standard InChI is InChI=1S/C16H20BrN3O2/c1-16(2,3)22-15(21)18-8-12-5-4-6-13(7-12)10-20-11-14(17)9-19-20/h4-7,9,11H,8,10H2,1-3H3,(H,18,21). The van der Waals surface area contributed by atoms with Gasteiger partial charge in [-0.25, -0.2) is 4.79 Å². The summed E-state index contributed by atoms with van der Waals surface area (Å²) in [4.78, 5) is 11.7. The van der Waals surface area contributed by atoms with E-state index in [9.17, 15) is 4.79 Å². The Kier molecular flexibility index (Phi) is 5.24. The Morgan fingerprint density at radius 3 is 2.73 bits per heavy atom. The topological polar surface area (TPSA) is 56.1 Å². The molecule has 1 aromatic carbocycles. The largest absolute Gasteiger partial charge is 0.444 e. The fourth-order valence-electron chi connectivity index (χ4n) is 1.94. The number of hydrogen-bond acceptors (Lipinski definition) is 3. The third-order valence-electron chi connectivity index (χ3n) is 2.77. The van der Waals surface area contributed by atoms with Crippen molar-refractivity contribution in [3.8, 4) is 0 Å². The summed E-state index contributed by atoms with van der Waals surface area (Å²) >= 11 is 3.38. The summed E-state index contributed by atoms with van der Waals surface area (Å²) in [6, 6.07) is 8.03. The molecule has 0 bridgehead atoms. The molecule has 0 aliphatic heterocycles. The summed E-state index contributed by atoms with van der Waals surface area (Å²) in [6.45, 7) is 6.65. The maximum absolute atomic E-state index is 11.7. The van der Waals surface area contributed by atoms with Gasteiger partial charge in [0.25, 0.3) is 0 Å². The third-order valence-corrected chi connectivity index (χ3v) is 3.18. The molecule has 0 atom stereocenters. The molecule has 0 spiro atoms. The van der Waals surface area contributed by atoms with Crippen LogP contribution in [0.4, 0.5) is 4.79 Å². The molecule has 0 unspecified atom stereocenters. The monoisotopic (exact) mass is 365 g/mol. The highest BCUT2D eigenvalue weighted by atomic mass is 79.9. The van der Waals surface area contributed by atoms with Gasteiger partial charge in [-0.15, -0.1) is 0 Å². The maximum atomic E-state index is 11.7. The number of carbonyl (C=O) groups excluding carboxylic acids is 1. The molecular formula is C16H20BrN3O2. The molecule has 0 radical (unpaired) electrons. The zero-order chi connectivity index (χ0) is 16.2. The predicted molar refractivity (Wildman–Crippen MR) is 88.5 cm³/mol. The molecule has 22 heavy (non-hydrogen) atoms. The molecule has 2 aromatic rings. The van der Waals surface area contributed by atoms with E-state index in [-0.39, 0.29) is 0 Å². The van der Waals surface area contributed by atoms with Crippen LogP contribution in [0.5, 0.6) is 0 Å². The van der Waals surface area contributed by atoms with E-state index in [1.54, 1.807) is 6.20 Å². The number of ether oxygens (including phenoxy) is 1. The van der Waals surface area contributed by atoms with Crippen molar-refractivity contribution in [1.29, 1.82) is 0 Å². The fraction of sp³-hybridized carbons (Fsp3) is 0.375. The summed E-state index contributed by atoms with van der Waals surface area (Å²) in [5.74, 6) is 0. The minimum Gasteiger partial charge on any atom is -0.444 e. The number of hydrogen-bond donors (Lipinski definition) is 1. The smallest absolute Gasteiger partial charge is 0.407 e. The maximum Gasteiger partial charge on any atom is 0.407 e. The van der Waals surface area contributed by atoms with Crippen LogP contribution in [-0.4, -0.2) is 21.5 Å². The number of alkyl carbamates (subject to hydrolysis) is 1. The molecule has 1 N–H and O–H groups in total. The molecule has 0 saturated carbocycles. The summed E-state index contributed by atoms with van der Waals surface area (Å²) in [5.41, 5.74) is 1.66. The van der Waals surface area contributed by atoms with Crippen LogP contribution in [0, 0.1) is 0 Å². The lowest BCUT2D eigenvalue weighted by molar-refractivity contribution is 0.0523. The van der Waals surface area contributed by atoms with Gasteiger partial charge in [-0.1, -0.05) is 24.3 Å². The lowest BCUT2D eigenvalue weighted by Gasteiger charge is -2.19. The van der Waals surface area contributed by atoms with Crippen molar-refractivity contribution in [2.45, 2.75) is 39.5 Å². The zero-order valence-corrected chi connectivity index (χ0v) is 14.6. The van der Waals surface area contributed by atoms with Crippen molar-refractivity contribution in [3.05, 3.63) is 52.3 Å². The first-order valence-electron chi connectivity index (χ1n) is 7.04. The van der Waals surface area contributed by atoms with Gasteiger partial charge in [-0.05, 0) is 47.8 Å². The highest BCUT2D eigenvalue weighted by Gasteiger charge is 2.15. The Hall–Kier alpha value is -1.82. The normalized spacial score (nSPS) is 11.3. The van der Waals surface area contributed by atoms with E-state index in [2.05, 4.69) is 26.3 Å². The van der Waals surface area contributed by atoms with Crippen LogP contribution in [0.15, 0.2) is 41.1 Å². The van der Waals surface area contributed by atoms with Crippen LogP contribution in [0.25, 0.3) is 0 Å². The highest BCUT2D eigenvalue weighted by Crippen LogP contribution is 2.11. The highest BCUT2D eigenvalue weighted by molar-refractivity contribution is 9.10. The van der Waals surface area contributed by atoms with E-state index in [0.29, 0.717) is 13.1 Å². The van der Waals surface area contributed by atoms with Crippen LogP contribution < -0.4 is 5.32 Å². The Morgan fingerprint density at radius 1 is 1.36 bits per heavy atom. The van der Waals surface area contributed by atoms with Crippen LogP contribution in [-0.2, 0) is 17.8 Å².